The first kappa shape index (κ1) is 11.7. The fraction of sp³-hybridized carbons (Fsp3) is 0.429. The minimum atomic E-state index is 0.645. The highest BCUT2D eigenvalue weighted by atomic mass is 15.0. The predicted octanol–water partition coefficient (Wildman–Crippen LogP) is 2.82. The van der Waals surface area contributed by atoms with Crippen molar-refractivity contribution in [2.24, 2.45) is 0 Å². The summed E-state index contributed by atoms with van der Waals surface area (Å²) in [7, 11) is 0. The van der Waals surface area contributed by atoms with Crippen LogP contribution in [0.25, 0.3) is 0 Å². The highest BCUT2D eigenvalue weighted by Crippen LogP contribution is 2.24. The molecule has 1 N–H and O–H groups in total. The van der Waals surface area contributed by atoms with Crippen LogP contribution in [0, 0.1) is 11.3 Å². The van der Waals surface area contributed by atoms with Crippen molar-refractivity contribution in [2.45, 2.75) is 32.6 Å². The van der Waals surface area contributed by atoms with Crippen molar-refractivity contribution in [3.8, 4) is 6.07 Å². The molecule has 1 aliphatic rings. The molecule has 0 atom stereocenters. The fourth-order valence-corrected chi connectivity index (χ4v) is 2.09. The van der Waals surface area contributed by atoms with Gasteiger partial charge < -0.3 is 5.32 Å². The maximum atomic E-state index is 9.13. The Balaban J connectivity index is 2.30. The van der Waals surface area contributed by atoms with Gasteiger partial charge in [0.05, 0.1) is 5.56 Å². The number of nitriles is 1. The topological polar surface area (TPSA) is 48.7 Å². The Morgan fingerprint density at radius 2 is 2.29 bits per heavy atom. The molecule has 0 radical (unpaired) electrons. The molecule has 0 spiro atoms. The Morgan fingerprint density at radius 1 is 1.53 bits per heavy atom. The SMILES string of the molecule is C=C(C)CNc1nc2c(cc1C#N)CCCC2. The molecule has 2 rings (SSSR count). The molecular weight excluding hydrogens is 210 g/mol. The number of nitrogens with one attached hydrogen (secondary N) is 1. The summed E-state index contributed by atoms with van der Waals surface area (Å²) in [4.78, 5) is 4.58. The number of fused-ring (bicyclic) bond motifs is 1. The number of hydrogen-bond acceptors (Lipinski definition) is 3. The highest BCUT2D eigenvalue weighted by Gasteiger charge is 2.14. The number of aromatic nitrogens is 1. The summed E-state index contributed by atoms with van der Waals surface area (Å²) in [6.45, 7) is 6.46. The maximum Gasteiger partial charge on any atom is 0.144 e. The Kier molecular flexibility index (Phi) is 3.43. The van der Waals surface area contributed by atoms with E-state index in [2.05, 4.69) is 22.9 Å². The van der Waals surface area contributed by atoms with Crippen molar-refractivity contribution in [1.82, 2.24) is 4.98 Å². The second-order valence-corrected chi connectivity index (χ2v) is 4.62. The summed E-state index contributed by atoms with van der Waals surface area (Å²) in [6, 6.07) is 4.20. The van der Waals surface area contributed by atoms with Gasteiger partial charge in [-0.05, 0) is 44.2 Å². The Bertz CT molecular complexity index is 483. The van der Waals surface area contributed by atoms with Gasteiger partial charge in [-0.2, -0.15) is 5.26 Å². The minimum absolute atomic E-state index is 0.645. The number of nitrogens with zero attached hydrogens (tertiary/aromatic N) is 2. The quantitative estimate of drug-likeness (QED) is 0.808. The van der Waals surface area contributed by atoms with Crippen molar-refractivity contribution in [1.29, 1.82) is 5.26 Å². The van der Waals surface area contributed by atoms with Crippen LogP contribution in [0.5, 0.6) is 0 Å². The molecule has 88 valence electrons. The van der Waals surface area contributed by atoms with E-state index in [4.69, 9.17) is 5.26 Å². The predicted molar refractivity (Wildman–Crippen MR) is 68.9 cm³/mol. The molecule has 0 unspecified atom stereocenters. The number of hydrogen-bond donors (Lipinski definition) is 1. The molecule has 0 saturated heterocycles. The summed E-state index contributed by atoms with van der Waals surface area (Å²) in [5, 5.41) is 12.3. The first-order chi connectivity index (χ1) is 8.20. The van der Waals surface area contributed by atoms with Gasteiger partial charge in [-0.3, -0.25) is 0 Å². The van der Waals surface area contributed by atoms with Crippen molar-refractivity contribution in [3.05, 3.63) is 35.0 Å². The van der Waals surface area contributed by atoms with Crippen molar-refractivity contribution in [3.63, 3.8) is 0 Å². The summed E-state index contributed by atoms with van der Waals surface area (Å²) in [6.07, 6.45) is 4.49. The summed E-state index contributed by atoms with van der Waals surface area (Å²) in [5.74, 6) is 0.705. The Morgan fingerprint density at radius 3 is 3.00 bits per heavy atom. The van der Waals surface area contributed by atoms with E-state index >= 15 is 0 Å². The van der Waals surface area contributed by atoms with Crippen molar-refractivity contribution < 1.29 is 0 Å². The number of aryl methyl sites for hydroxylation is 2. The molecular formula is C14H17N3. The second kappa shape index (κ2) is 5.01. The molecule has 0 aliphatic heterocycles. The Labute approximate surface area is 102 Å². The molecule has 1 aliphatic carbocycles. The molecule has 0 bridgehead atoms. The van der Waals surface area contributed by atoms with Crippen LogP contribution < -0.4 is 5.32 Å². The third kappa shape index (κ3) is 2.65. The molecule has 17 heavy (non-hydrogen) atoms. The molecule has 1 aromatic heterocycles. The monoisotopic (exact) mass is 227 g/mol. The lowest BCUT2D eigenvalue weighted by molar-refractivity contribution is 0.668. The first-order valence-corrected chi connectivity index (χ1v) is 6.02. The van der Waals surface area contributed by atoms with Gasteiger partial charge in [-0.15, -0.1) is 0 Å². The van der Waals surface area contributed by atoms with Gasteiger partial charge in [0.15, 0.2) is 0 Å². The zero-order valence-corrected chi connectivity index (χ0v) is 10.2. The lowest BCUT2D eigenvalue weighted by Gasteiger charge is -2.17. The van der Waals surface area contributed by atoms with Crippen LogP contribution in [0.2, 0.25) is 0 Å². The molecule has 0 amide bonds. The summed E-state index contributed by atoms with van der Waals surface area (Å²) >= 11 is 0. The molecule has 3 nitrogen and oxygen atoms in total. The van der Waals surface area contributed by atoms with E-state index in [-0.39, 0.29) is 0 Å². The fourth-order valence-electron chi connectivity index (χ4n) is 2.09. The molecule has 0 fully saturated rings. The van der Waals surface area contributed by atoms with Crippen LogP contribution in [0.15, 0.2) is 18.2 Å². The van der Waals surface area contributed by atoms with E-state index in [1.165, 1.54) is 18.4 Å². The first-order valence-electron chi connectivity index (χ1n) is 6.02. The van der Waals surface area contributed by atoms with Gasteiger partial charge in [0.1, 0.15) is 11.9 Å². The van der Waals surface area contributed by atoms with Gasteiger partial charge in [0.25, 0.3) is 0 Å². The van der Waals surface area contributed by atoms with Crippen molar-refractivity contribution >= 4 is 5.82 Å². The van der Waals surface area contributed by atoms with Crippen LogP contribution in [0.3, 0.4) is 0 Å². The van der Waals surface area contributed by atoms with Gasteiger partial charge in [-0.25, -0.2) is 4.98 Å². The zero-order chi connectivity index (χ0) is 12.3. The molecule has 3 heteroatoms. The van der Waals surface area contributed by atoms with Crippen molar-refractivity contribution in [2.75, 3.05) is 11.9 Å². The van der Waals surface area contributed by atoms with Crippen LogP contribution in [0.4, 0.5) is 5.82 Å². The van der Waals surface area contributed by atoms with Crippen LogP contribution in [-0.4, -0.2) is 11.5 Å². The summed E-state index contributed by atoms with van der Waals surface area (Å²) < 4.78 is 0. The number of rotatable bonds is 3. The second-order valence-electron chi connectivity index (χ2n) is 4.62. The molecule has 0 saturated carbocycles. The zero-order valence-electron chi connectivity index (χ0n) is 10.2. The third-order valence-corrected chi connectivity index (χ3v) is 2.98. The maximum absolute atomic E-state index is 9.13. The van der Waals surface area contributed by atoms with E-state index in [0.29, 0.717) is 17.9 Å². The Hall–Kier alpha value is -1.82. The van der Waals surface area contributed by atoms with E-state index in [0.717, 1.165) is 24.1 Å². The lowest BCUT2D eigenvalue weighted by Crippen LogP contribution is -2.11. The van der Waals surface area contributed by atoms with Crippen LogP contribution in [-0.2, 0) is 12.8 Å². The molecule has 1 heterocycles. The van der Waals surface area contributed by atoms with Gasteiger partial charge in [-0.1, -0.05) is 12.2 Å². The minimum Gasteiger partial charge on any atom is -0.365 e. The normalized spacial score (nSPS) is 13.6. The van der Waals surface area contributed by atoms with E-state index < -0.39 is 0 Å². The largest absolute Gasteiger partial charge is 0.365 e. The van der Waals surface area contributed by atoms with Gasteiger partial charge in [0.2, 0.25) is 0 Å². The van der Waals surface area contributed by atoms with E-state index in [1.807, 2.05) is 13.0 Å². The molecule has 0 aromatic carbocycles. The smallest absolute Gasteiger partial charge is 0.144 e. The number of anilines is 1. The van der Waals surface area contributed by atoms with E-state index in [9.17, 15) is 0 Å². The molecule has 1 aromatic rings. The third-order valence-electron chi connectivity index (χ3n) is 2.98. The average molecular weight is 227 g/mol. The van der Waals surface area contributed by atoms with Crippen LogP contribution in [0.1, 0.15) is 36.6 Å². The number of pyridine rings is 1. The highest BCUT2D eigenvalue weighted by molar-refractivity contribution is 5.55. The average Bonchev–Trinajstić information content (AvgIpc) is 2.35. The standard InChI is InChI=1S/C14H17N3/c1-10(2)9-16-14-12(8-15)7-11-5-3-4-6-13(11)17-14/h7H,1,3-6,9H2,2H3,(H,16,17). The lowest BCUT2D eigenvalue weighted by atomic mass is 9.95. The van der Waals surface area contributed by atoms with Gasteiger partial charge >= 0.3 is 0 Å². The van der Waals surface area contributed by atoms with Gasteiger partial charge in [0, 0.05) is 12.2 Å². The van der Waals surface area contributed by atoms with Crippen LogP contribution >= 0.6 is 0 Å². The summed E-state index contributed by atoms with van der Waals surface area (Å²) in [5.41, 5.74) is 4.08. The van der Waals surface area contributed by atoms with E-state index in [1.54, 1.807) is 0 Å².